The van der Waals surface area contributed by atoms with Crippen LogP contribution in [0, 0.1) is 5.82 Å². The Labute approximate surface area is 189 Å². The van der Waals surface area contributed by atoms with Crippen molar-refractivity contribution in [3.8, 4) is 5.69 Å². The second-order valence-corrected chi connectivity index (χ2v) is 8.06. The SMILES string of the molecule is O=C(O)c1cn(-c2ccc(N3CCOCC3)cc2)c2nc(N3CCNCC3)c(F)cc2c1=O. The highest BCUT2D eigenvalue weighted by atomic mass is 19.1. The van der Waals surface area contributed by atoms with Gasteiger partial charge in [0.25, 0.3) is 0 Å². The quantitative estimate of drug-likeness (QED) is 0.613. The van der Waals surface area contributed by atoms with Crippen molar-refractivity contribution >= 4 is 28.5 Å². The van der Waals surface area contributed by atoms with E-state index in [9.17, 15) is 19.1 Å². The summed E-state index contributed by atoms with van der Waals surface area (Å²) in [6.07, 6.45) is 1.27. The number of anilines is 2. The number of benzene rings is 1. The van der Waals surface area contributed by atoms with E-state index >= 15 is 0 Å². The number of aromatic nitrogens is 2. The Morgan fingerprint density at radius 2 is 1.70 bits per heavy atom. The van der Waals surface area contributed by atoms with Crippen molar-refractivity contribution in [2.24, 2.45) is 0 Å². The number of carbonyl (C=O) groups is 1. The van der Waals surface area contributed by atoms with E-state index < -0.39 is 22.8 Å². The molecule has 0 unspecified atom stereocenters. The first-order valence-corrected chi connectivity index (χ1v) is 10.9. The van der Waals surface area contributed by atoms with Crippen LogP contribution in [0.5, 0.6) is 0 Å². The van der Waals surface area contributed by atoms with Crippen LogP contribution in [-0.4, -0.2) is 73.1 Å². The number of morpholine rings is 1. The van der Waals surface area contributed by atoms with Gasteiger partial charge in [-0.3, -0.25) is 4.79 Å². The summed E-state index contributed by atoms with van der Waals surface area (Å²) >= 11 is 0. The predicted octanol–water partition coefficient (Wildman–Crippen LogP) is 1.47. The number of fused-ring (bicyclic) bond motifs is 1. The minimum absolute atomic E-state index is 0.0662. The van der Waals surface area contributed by atoms with E-state index in [2.05, 4.69) is 15.2 Å². The molecule has 4 heterocycles. The molecule has 0 radical (unpaired) electrons. The number of pyridine rings is 2. The molecule has 33 heavy (non-hydrogen) atoms. The first-order valence-electron chi connectivity index (χ1n) is 10.9. The Bertz CT molecular complexity index is 1250. The van der Waals surface area contributed by atoms with E-state index in [0.29, 0.717) is 45.1 Å². The number of hydrogen-bond acceptors (Lipinski definition) is 7. The number of hydrogen-bond donors (Lipinski definition) is 2. The Morgan fingerprint density at radius 1 is 1.03 bits per heavy atom. The molecule has 0 atom stereocenters. The average molecular weight is 453 g/mol. The van der Waals surface area contributed by atoms with Crippen LogP contribution in [0.4, 0.5) is 15.9 Å². The van der Waals surface area contributed by atoms with E-state index in [1.54, 1.807) is 4.57 Å². The third-order valence-electron chi connectivity index (χ3n) is 6.06. The van der Waals surface area contributed by atoms with Crippen molar-refractivity contribution in [2.75, 3.05) is 62.3 Å². The molecule has 2 N–H and O–H groups in total. The number of carboxylic acids is 1. The molecule has 0 amide bonds. The third kappa shape index (κ3) is 4.03. The van der Waals surface area contributed by atoms with Crippen LogP contribution < -0.4 is 20.5 Å². The zero-order valence-electron chi connectivity index (χ0n) is 18.0. The van der Waals surface area contributed by atoms with E-state index in [4.69, 9.17) is 4.74 Å². The van der Waals surface area contributed by atoms with Crippen LogP contribution in [0.25, 0.3) is 16.7 Å². The van der Waals surface area contributed by atoms with Crippen LogP contribution in [0.3, 0.4) is 0 Å². The van der Waals surface area contributed by atoms with Crippen molar-refractivity contribution in [2.45, 2.75) is 0 Å². The highest BCUT2D eigenvalue weighted by Crippen LogP contribution is 2.25. The van der Waals surface area contributed by atoms with Crippen molar-refractivity contribution in [1.82, 2.24) is 14.9 Å². The number of nitrogens with one attached hydrogen (secondary N) is 1. The molecule has 2 aliphatic heterocycles. The van der Waals surface area contributed by atoms with Crippen molar-refractivity contribution in [1.29, 1.82) is 0 Å². The van der Waals surface area contributed by atoms with Crippen LogP contribution in [-0.2, 0) is 4.74 Å². The zero-order chi connectivity index (χ0) is 22.9. The molecule has 9 nitrogen and oxygen atoms in total. The standard InChI is InChI=1S/C23H24FN5O4/c24-19-13-17-20(30)18(23(31)32)14-29(21(17)26-22(19)28-7-5-25-6-8-28)16-3-1-15(2-4-16)27-9-11-33-12-10-27/h1-4,13-14,25H,5-12H2,(H,31,32). The summed E-state index contributed by atoms with van der Waals surface area (Å²) in [5, 5.41) is 12.7. The third-order valence-corrected chi connectivity index (χ3v) is 6.06. The molecule has 2 fully saturated rings. The van der Waals surface area contributed by atoms with Gasteiger partial charge >= 0.3 is 5.97 Å². The maximum Gasteiger partial charge on any atom is 0.341 e. The monoisotopic (exact) mass is 453 g/mol. The number of nitrogens with zero attached hydrogens (tertiary/aromatic N) is 4. The lowest BCUT2D eigenvalue weighted by Crippen LogP contribution is -2.44. The highest BCUT2D eigenvalue weighted by molar-refractivity contribution is 5.92. The highest BCUT2D eigenvalue weighted by Gasteiger charge is 2.22. The Morgan fingerprint density at radius 3 is 2.36 bits per heavy atom. The smallest absolute Gasteiger partial charge is 0.341 e. The largest absolute Gasteiger partial charge is 0.477 e. The fourth-order valence-corrected chi connectivity index (χ4v) is 4.31. The summed E-state index contributed by atoms with van der Waals surface area (Å²) < 4.78 is 21.9. The summed E-state index contributed by atoms with van der Waals surface area (Å²) in [7, 11) is 0. The number of rotatable bonds is 4. The number of ether oxygens (including phenoxy) is 1. The van der Waals surface area contributed by atoms with Gasteiger partial charge in [-0.15, -0.1) is 0 Å². The second-order valence-electron chi connectivity index (χ2n) is 8.06. The minimum atomic E-state index is -1.37. The molecule has 2 saturated heterocycles. The Kier molecular flexibility index (Phi) is 5.69. The molecule has 172 valence electrons. The molecule has 1 aromatic carbocycles. The lowest BCUT2D eigenvalue weighted by atomic mass is 10.1. The van der Waals surface area contributed by atoms with E-state index in [1.165, 1.54) is 6.20 Å². The van der Waals surface area contributed by atoms with Gasteiger partial charge in [0, 0.05) is 56.8 Å². The molecule has 2 aromatic heterocycles. The first-order chi connectivity index (χ1) is 16.0. The first kappa shape index (κ1) is 21.4. The predicted molar refractivity (Wildman–Crippen MR) is 122 cm³/mol. The van der Waals surface area contributed by atoms with E-state index in [1.807, 2.05) is 29.2 Å². The maximum absolute atomic E-state index is 15.0. The van der Waals surface area contributed by atoms with Gasteiger partial charge in [-0.25, -0.2) is 14.2 Å². The summed E-state index contributed by atoms with van der Waals surface area (Å²) in [6, 6.07) is 8.66. The molecule has 0 aliphatic carbocycles. The van der Waals surface area contributed by atoms with Gasteiger partial charge in [-0.2, -0.15) is 0 Å². The van der Waals surface area contributed by atoms with Gasteiger partial charge < -0.3 is 29.5 Å². The number of aromatic carboxylic acids is 1. The number of carboxylic acid groups (broad SMARTS) is 1. The number of piperazine rings is 1. The molecule has 10 heteroatoms. The lowest BCUT2D eigenvalue weighted by molar-refractivity contribution is 0.0695. The van der Waals surface area contributed by atoms with Crippen LogP contribution in [0.15, 0.2) is 41.3 Å². The van der Waals surface area contributed by atoms with Crippen LogP contribution >= 0.6 is 0 Å². The summed E-state index contributed by atoms with van der Waals surface area (Å²) in [6.45, 7) is 5.48. The maximum atomic E-state index is 15.0. The molecule has 5 rings (SSSR count). The molecular formula is C23H24FN5O4. The Hall–Kier alpha value is -3.50. The summed E-state index contributed by atoms with van der Waals surface area (Å²) in [5.41, 5.74) is 0.683. The van der Waals surface area contributed by atoms with Crippen LogP contribution in [0.1, 0.15) is 10.4 Å². The molecule has 0 saturated carbocycles. The van der Waals surface area contributed by atoms with Gasteiger partial charge in [0.15, 0.2) is 17.3 Å². The minimum Gasteiger partial charge on any atom is -0.477 e. The van der Waals surface area contributed by atoms with Crippen molar-refractivity contribution in [3.63, 3.8) is 0 Å². The van der Waals surface area contributed by atoms with Gasteiger partial charge in [0.1, 0.15) is 5.56 Å². The van der Waals surface area contributed by atoms with E-state index in [-0.39, 0.29) is 16.9 Å². The topological polar surface area (TPSA) is 99.9 Å². The lowest BCUT2D eigenvalue weighted by Gasteiger charge is -2.29. The van der Waals surface area contributed by atoms with Crippen molar-refractivity contribution < 1.29 is 19.0 Å². The van der Waals surface area contributed by atoms with Gasteiger partial charge in [-0.05, 0) is 30.3 Å². The van der Waals surface area contributed by atoms with Gasteiger partial charge in [-0.1, -0.05) is 0 Å². The van der Waals surface area contributed by atoms with E-state index in [0.717, 1.165) is 24.8 Å². The fraction of sp³-hybridized carbons (Fsp3) is 0.348. The summed E-state index contributed by atoms with van der Waals surface area (Å²) in [5.74, 6) is -1.85. The number of halogens is 1. The molecule has 3 aromatic rings. The average Bonchev–Trinajstić information content (AvgIpc) is 2.85. The van der Waals surface area contributed by atoms with Gasteiger partial charge in [0.2, 0.25) is 5.43 Å². The molecular weight excluding hydrogens is 429 g/mol. The summed E-state index contributed by atoms with van der Waals surface area (Å²) in [4.78, 5) is 33.1. The Balaban J connectivity index is 1.65. The molecule has 2 aliphatic rings. The normalized spacial score (nSPS) is 16.9. The second kappa shape index (κ2) is 8.80. The van der Waals surface area contributed by atoms with Crippen LogP contribution in [0.2, 0.25) is 0 Å². The van der Waals surface area contributed by atoms with Gasteiger partial charge in [0.05, 0.1) is 18.6 Å². The molecule has 0 spiro atoms. The molecule has 0 bridgehead atoms. The fourth-order valence-electron chi connectivity index (χ4n) is 4.31. The van der Waals surface area contributed by atoms with Crippen molar-refractivity contribution in [3.05, 3.63) is 58.1 Å². The zero-order valence-corrected chi connectivity index (χ0v) is 18.0.